The summed E-state index contributed by atoms with van der Waals surface area (Å²) < 4.78 is 0. The van der Waals surface area contributed by atoms with Crippen LogP contribution in [0.2, 0.25) is 0 Å². The molecule has 12 N–H and O–H groups in total. The molecule has 0 spiro atoms. The van der Waals surface area contributed by atoms with E-state index in [0.717, 1.165) is 0 Å². The molecule has 0 atom stereocenters. The summed E-state index contributed by atoms with van der Waals surface area (Å²) in [5.74, 6) is -3.35. The Labute approximate surface area is 142 Å². The Hall–Kier alpha value is -4.50. The van der Waals surface area contributed by atoms with Gasteiger partial charge in [-0.1, -0.05) is 10.3 Å². The number of nitrogens with zero attached hydrogens (tertiary/aromatic N) is 6. The molecule has 16 heteroatoms. The molecule has 0 aliphatic carbocycles. The molecule has 2 heterocycles. The molecule has 0 fully saturated rings. The van der Waals surface area contributed by atoms with Crippen molar-refractivity contribution in [1.82, 2.24) is 19.9 Å². The first-order chi connectivity index (χ1) is 12.3. The van der Waals surface area contributed by atoms with Gasteiger partial charge in [0.05, 0.1) is 0 Å². The topological polar surface area (TPSA) is 285 Å². The van der Waals surface area contributed by atoms with Crippen molar-refractivity contribution in [1.29, 1.82) is 0 Å². The molecule has 2 aromatic rings. The number of azo groups is 1. The third kappa shape index (κ3) is 3.37. The molecular weight excluding hydrogens is 352 g/mol. The first kappa shape index (κ1) is 17.8. The molecule has 0 saturated heterocycles. The minimum absolute atomic E-state index is 0.247. The van der Waals surface area contributed by atoms with Crippen molar-refractivity contribution in [3.05, 3.63) is 22.8 Å². The molecule has 136 valence electrons. The van der Waals surface area contributed by atoms with E-state index < -0.39 is 23.5 Å². The maximum atomic E-state index is 11.3. The van der Waals surface area contributed by atoms with Gasteiger partial charge >= 0.3 is 0 Å². The number of primary amides is 2. The highest BCUT2D eigenvalue weighted by molar-refractivity contribution is 6.06. The second kappa shape index (κ2) is 6.95. The predicted molar refractivity (Wildman–Crippen MR) is 83.4 cm³/mol. The van der Waals surface area contributed by atoms with Crippen molar-refractivity contribution in [2.24, 2.45) is 43.5 Å². The van der Waals surface area contributed by atoms with Crippen molar-refractivity contribution < 1.29 is 20.0 Å². The minimum atomic E-state index is -0.941. The van der Waals surface area contributed by atoms with Crippen LogP contribution in [0.1, 0.15) is 32.4 Å². The first-order valence-corrected chi connectivity index (χ1v) is 6.45. The van der Waals surface area contributed by atoms with E-state index in [4.69, 9.17) is 33.3 Å². The lowest BCUT2D eigenvalue weighted by molar-refractivity contribution is 0.0987. The van der Waals surface area contributed by atoms with Crippen molar-refractivity contribution >= 4 is 35.4 Å². The Balaban J connectivity index is 2.42. The van der Waals surface area contributed by atoms with Gasteiger partial charge in [-0.05, 0) is 0 Å². The molecular formula is C10H12N12O4. The highest BCUT2D eigenvalue weighted by atomic mass is 16.4. The Morgan fingerprint density at radius 1 is 0.769 bits per heavy atom. The molecule has 0 unspecified atom stereocenters. The average molecular weight is 364 g/mol. The fourth-order valence-corrected chi connectivity index (χ4v) is 1.73. The van der Waals surface area contributed by atoms with Crippen LogP contribution in [-0.2, 0) is 0 Å². The number of nitrogens with one attached hydrogen (secondary N) is 2. The number of rotatable bonds is 6. The minimum Gasteiger partial charge on any atom is -0.409 e. The molecule has 2 aromatic heterocycles. The van der Waals surface area contributed by atoms with Crippen LogP contribution in [0.15, 0.2) is 20.5 Å². The van der Waals surface area contributed by atoms with Gasteiger partial charge in [0.1, 0.15) is 22.8 Å². The zero-order valence-electron chi connectivity index (χ0n) is 12.7. The Bertz CT molecular complexity index is 875. The number of imidazole rings is 2. The van der Waals surface area contributed by atoms with E-state index in [-0.39, 0.29) is 34.7 Å². The Morgan fingerprint density at radius 2 is 1.12 bits per heavy atom. The fourth-order valence-electron chi connectivity index (χ4n) is 1.73. The van der Waals surface area contributed by atoms with Crippen molar-refractivity contribution in [3.8, 4) is 0 Å². The maximum Gasteiger partial charge on any atom is 0.267 e. The van der Waals surface area contributed by atoms with Crippen LogP contribution in [0.25, 0.3) is 0 Å². The van der Waals surface area contributed by atoms with Gasteiger partial charge in [-0.2, -0.15) is 0 Å². The van der Waals surface area contributed by atoms with Crippen molar-refractivity contribution in [3.63, 3.8) is 0 Å². The molecule has 0 aromatic carbocycles. The van der Waals surface area contributed by atoms with Crippen LogP contribution >= 0.6 is 0 Å². The van der Waals surface area contributed by atoms with Crippen molar-refractivity contribution in [2.45, 2.75) is 0 Å². The van der Waals surface area contributed by atoms with Gasteiger partial charge in [-0.25, -0.2) is 9.97 Å². The number of amides is 2. The largest absolute Gasteiger partial charge is 0.409 e. The van der Waals surface area contributed by atoms with E-state index in [1.165, 1.54) is 0 Å². The van der Waals surface area contributed by atoms with Crippen LogP contribution in [0.3, 0.4) is 0 Å². The summed E-state index contributed by atoms with van der Waals surface area (Å²) >= 11 is 0. The van der Waals surface area contributed by atoms with Gasteiger partial charge in [0, 0.05) is 0 Å². The standard InChI is InChI=1S/C10H12N12O4/c11-5(21-25)1-3(7(13)23)17-9(15-1)19-20-10-16-2(6(12)22-26)4(18-10)8(14)24/h25-26H,(H2,11,21)(H2,12,22)(H2,13,23)(H2,14,24)(H,15,17)(H,16,18). The second-order valence-electron chi connectivity index (χ2n) is 4.47. The smallest absolute Gasteiger partial charge is 0.267 e. The predicted octanol–water partition coefficient (Wildman–Crippen LogP) is -2.07. The second-order valence-corrected chi connectivity index (χ2v) is 4.47. The third-order valence-electron chi connectivity index (χ3n) is 2.82. The maximum absolute atomic E-state index is 11.3. The van der Waals surface area contributed by atoms with Crippen LogP contribution in [0.5, 0.6) is 0 Å². The van der Waals surface area contributed by atoms with Gasteiger partial charge in [-0.15, -0.1) is 10.2 Å². The summed E-state index contributed by atoms with van der Waals surface area (Å²) in [6.45, 7) is 0. The van der Waals surface area contributed by atoms with Crippen molar-refractivity contribution in [2.75, 3.05) is 0 Å². The number of hydrogen-bond donors (Lipinski definition) is 8. The summed E-state index contributed by atoms with van der Waals surface area (Å²) in [5, 5.41) is 30.0. The highest BCUT2D eigenvalue weighted by Crippen LogP contribution is 2.17. The number of aromatic nitrogens is 4. The molecule has 0 saturated carbocycles. The van der Waals surface area contributed by atoms with Gasteiger partial charge in [0.2, 0.25) is 11.9 Å². The van der Waals surface area contributed by atoms with Crippen LogP contribution < -0.4 is 22.9 Å². The van der Waals surface area contributed by atoms with E-state index in [0.29, 0.717) is 0 Å². The number of H-pyrrole nitrogens is 2. The number of amidine groups is 2. The van der Waals surface area contributed by atoms with Gasteiger partial charge < -0.3 is 43.3 Å². The number of hydrogen-bond acceptors (Lipinski definition) is 10. The van der Waals surface area contributed by atoms with Gasteiger partial charge in [-0.3, -0.25) is 9.59 Å². The molecule has 16 nitrogen and oxygen atoms in total. The van der Waals surface area contributed by atoms with Crippen LogP contribution in [0.4, 0.5) is 11.9 Å². The molecule has 0 aliphatic rings. The van der Waals surface area contributed by atoms with E-state index in [1.807, 2.05) is 0 Å². The normalized spacial score (nSPS) is 12.6. The lowest BCUT2D eigenvalue weighted by Gasteiger charge is -1.94. The molecule has 2 amide bonds. The van der Waals surface area contributed by atoms with E-state index >= 15 is 0 Å². The molecule has 0 radical (unpaired) electrons. The Morgan fingerprint density at radius 3 is 1.38 bits per heavy atom. The monoisotopic (exact) mass is 364 g/mol. The van der Waals surface area contributed by atoms with Gasteiger partial charge in [0.25, 0.3) is 11.8 Å². The fraction of sp³-hybridized carbons (Fsp3) is 0. The van der Waals surface area contributed by atoms with Gasteiger partial charge in [0.15, 0.2) is 11.7 Å². The van der Waals surface area contributed by atoms with Crippen LogP contribution in [-0.4, -0.2) is 53.8 Å². The molecule has 0 aliphatic heterocycles. The lowest BCUT2D eigenvalue weighted by Crippen LogP contribution is -2.21. The Kier molecular flexibility index (Phi) is 4.77. The quantitative estimate of drug-likeness (QED) is 0.0923. The average Bonchev–Trinajstić information content (AvgIpc) is 3.23. The SMILES string of the molecule is NC(=O)c1[nH]c(N=Nc2nc(C(N)=NO)c(C(N)=O)[nH]2)nc1C(N)=NO. The zero-order valence-corrected chi connectivity index (χ0v) is 12.7. The molecule has 26 heavy (non-hydrogen) atoms. The van der Waals surface area contributed by atoms with E-state index in [1.54, 1.807) is 0 Å². The number of aromatic amines is 2. The summed E-state index contributed by atoms with van der Waals surface area (Å²) in [5.41, 5.74) is 20.0. The number of oxime groups is 2. The number of carbonyl (C=O) groups is 2. The third-order valence-corrected chi connectivity index (χ3v) is 2.82. The summed E-state index contributed by atoms with van der Waals surface area (Å²) in [6.07, 6.45) is 0. The lowest BCUT2D eigenvalue weighted by atomic mass is 10.3. The van der Waals surface area contributed by atoms with E-state index in [2.05, 4.69) is 40.5 Å². The summed E-state index contributed by atoms with van der Waals surface area (Å²) in [4.78, 5) is 35.0. The highest BCUT2D eigenvalue weighted by Gasteiger charge is 2.20. The zero-order chi connectivity index (χ0) is 19.4. The summed E-state index contributed by atoms with van der Waals surface area (Å²) in [6, 6.07) is 0. The molecule has 0 bridgehead atoms. The number of nitrogens with two attached hydrogens (primary N) is 4. The van der Waals surface area contributed by atoms with E-state index in [9.17, 15) is 9.59 Å². The van der Waals surface area contributed by atoms with Crippen LogP contribution in [0, 0.1) is 0 Å². The molecule has 2 rings (SSSR count). The number of carbonyl (C=O) groups excluding carboxylic acids is 2. The first-order valence-electron chi connectivity index (χ1n) is 6.45. The summed E-state index contributed by atoms with van der Waals surface area (Å²) in [7, 11) is 0.